The van der Waals surface area contributed by atoms with Crippen LogP contribution in [-0.2, 0) is 14.6 Å². The molecule has 0 amide bonds. The molecule has 1 saturated heterocycles. The van der Waals surface area contributed by atoms with Crippen LogP contribution >= 0.6 is 0 Å². The minimum Gasteiger partial charge on any atom is -0.335 e. The van der Waals surface area contributed by atoms with Gasteiger partial charge < -0.3 is 10.6 Å². The number of nitrogens with one attached hydrogen (secondary N) is 1. The molecule has 1 fully saturated rings. The molecule has 2 heterocycles. The molecule has 7 nitrogen and oxygen atoms in total. The fourth-order valence-corrected chi connectivity index (χ4v) is 2.72. The lowest BCUT2D eigenvalue weighted by Gasteiger charge is -2.36. The first-order chi connectivity index (χ1) is 9.14. The molecule has 0 saturated carbocycles. The quantitative estimate of drug-likeness (QED) is 0.837. The van der Waals surface area contributed by atoms with Gasteiger partial charge in [-0.2, -0.15) is 4.98 Å². The van der Waals surface area contributed by atoms with Crippen molar-refractivity contribution in [3.63, 3.8) is 0 Å². The van der Waals surface area contributed by atoms with E-state index < -0.39 is 14.6 Å². The summed E-state index contributed by atoms with van der Waals surface area (Å²) in [6.45, 7) is 6.13. The van der Waals surface area contributed by atoms with E-state index >= 15 is 0 Å². The molecule has 8 heteroatoms. The topological polar surface area (TPSA) is 105 Å². The van der Waals surface area contributed by atoms with E-state index in [9.17, 15) is 8.42 Å². The lowest BCUT2D eigenvalue weighted by atomic mass is 9.99. The highest BCUT2D eigenvalue weighted by atomic mass is 32.2. The maximum atomic E-state index is 11.8. The summed E-state index contributed by atoms with van der Waals surface area (Å²) in [6, 6.07) is 0.238. The molecular weight excluding hydrogens is 278 g/mol. The number of aromatic nitrogens is 3. The Kier molecular flexibility index (Phi) is 3.81. The summed E-state index contributed by atoms with van der Waals surface area (Å²) in [5, 5.41) is 6.94. The minimum absolute atomic E-state index is 0.0913. The van der Waals surface area contributed by atoms with Crippen LogP contribution in [0, 0.1) is 0 Å². The predicted octanol–water partition coefficient (Wildman–Crippen LogP) is 0.400. The van der Waals surface area contributed by atoms with Crippen molar-refractivity contribution >= 4 is 15.8 Å². The number of anilines is 1. The Labute approximate surface area is 119 Å². The summed E-state index contributed by atoms with van der Waals surface area (Å²) >= 11 is 0. The number of aromatic amines is 1. The second kappa shape index (κ2) is 5.00. The largest absolute Gasteiger partial charge is 0.335 e. The zero-order valence-corrected chi connectivity index (χ0v) is 13.2. The van der Waals surface area contributed by atoms with Crippen LogP contribution in [0.3, 0.4) is 0 Å². The third-order valence-electron chi connectivity index (χ3n) is 4.28. The van der Waals surface area contributed by atoms with Gasteiger partial charge in [0.25, 0.3) is 0 Å². The Hall–Kier alpha value is -1.15. The number of H-pyrrole nitrogens is 1. The van der Waals surface area contributed by atoms with E-state index in [-0.39, 0.29) is 12.1 Å². The zero-order valence-electron chi connectivity index (χ0n) is 12.4. The summed E-state index contributed by atoms with van der Waals surface area (Å²) in [5.74, 6) is 0.890. The molecule has 2 unspecified atom stereocenters. The Morgan fingerprint density at radius 2 is 2.10 bits per heavy atom. The van der Waals surface area contributed by atoms with E-state index in [0.717, 1.165) is 19.4 Å². The monoisotopic (exact) mass is 301 g/mol. The predicted molar refractivity (Wildman–Crippen MR) is 78.3 cm³/mol. The Morgan fingerprint density at radius 3 is 2.70 bits per heavy atom. The average molecular weight is 301 g/mol. The van der Waals surface area contributed by atoms with Crippen molar-refractivity contribution in [2.24, 2.45) is 5.73 Å². The molecule has 1 aliphatic heterocycles. The van der Waals surface area contributed by atoms with Crippen molar-refractivity contribution in [1.82, 2.24) is 15.2 Å². The molecule has 2 atom stereocenters. The molecule has 2 rings (SSSR count). The number of sulfone groups is 1. The normalized spacial score (nSPS) is 24.9. The fraction of sp³-hybridized carbons (Fsp3) is 0.833. The molecule has 114 valence electrons. The second-order valence-electron chi connectivity index (χ2n) is 6.01. The van der Waals surface area contributed by atoms with Gasteiger partial charge in [0.1, 0.15) is 10.6 Å². The van der Waals surface area contributed by atoms with E-state index in [4.69, 9.17) is 5.73 Å². The van der Waals surface area contributed by atoms with Gasteiger partial charge in [-0.25, -0.2) is 8.42 Å². The van der Waals surface area contributed by atoms with Gasteiger partial charge in [-0.15, -0.1) is 5.10 Å². The Bertz CT molecular complexity index is 580. The van der Waals surface area contributed by atoms with Crippen LogP contribution < -0.4 is 10.6 Å². The van der Waals surface area contributed by atoms with Crippen molar-refractivity contribution in [3.05, 3.63) is 5.82 Å². The molecule has 0 aliphatic carbocycles. The van der Waals surface area contributed by atoms with Crippen molar-refractivity contribution < 1.29 is 8.42 Å². The second-order valence-corrected chi connectivity index (χ2v) is 8.57. The number of rotatable bonds is 3. The van der Waals surface area contributed by atoms with Gasteiger partial charge in [-0.3, -0.25) is 5.10 Å². The molecular formula is C12H23N5O2S. The molecule has 0 spiro atoms. The van der Waals surface area contributed by atoms with Gasteiger partial charge in [0, 0.05) is 24.9 Å². The third-order valence-corrected chi connectivity index (χ3v) is 6.32. The number of nitrogens with zero attached hydrogens (tertiary/aromatic N) is 3. The van der Waals surface area contributed by atoms with Crippen LogP contribution in [0.15, 0.2) is 0 Å². The van der Waals surface area contributed by atoms with Gasteiger partial charge in [-0.1, -0.05) is 0 Å². The smallest absolute Gasteiger partial charge is 0.245 e. The zero-order chi connectivity index (χ0) is 15.1. The number of nitrogens with two attached hydrogens (primary N) is 1. The maximum absolute atomic E-state index is 11.8. The van der Waals surface area contributed by atoms with Gasteiger partial charge in [0.05, 0.1) is 0 Å². The van der Waals surface area contributed by atoms with Crippen LogP contribution in [0.4, 0.5) is 5.95 Å². The van der Waals surface area contributed by atoms with Crippen LogP contribution in [0.2, 0.25) is 0 Å². The lowest BCUT2D eigenvalue weighted by molar-refractivity contribution is 0.415. The summed E-state index contributed by atoms with van der Waals surface area (Å²) in [6.07, 6.45) is 3.18. The van der Waals surface area contributed by atoms with Gasteiger partial charge in [-0.05, 0) is 33.6 Å². The number of piperidine rings is 1. The fourth-order valence-electron chi connectivity index (χ4n) is 2.28. The number of hydrogen-bond donors (Lipinski definition) is 2. The Balaban J connectivity index is 2.30. The molecule has 0 bridgehead atoms. The average Bonchev–Trinajstić information content (AvgIpc) is 2.81. The van der Waals surface area contributed by atoms with E-state index in [2.05, 4.69) is 15.2 Å². The molecule has 0 aromatic carbocycles. The summed E-state index contributed by atoms with van der Waals surface area (Å²) < 4.78 is 22.6. The van der Waals surface area contributed by atoms with Crippen LogP contribution in [0.5, 0.6) is 0 Å². The van der Waals surface area contributed by atoms with Gasteiger partial charge >= 0.3 is 0 Å². The van der Waals surface area contributed by atoms with Gasteiger partial charge in [0.15, 0.2) is 9.84 Å². The van der Waals surface area contributed by atoms with Crippen molar-refractivity contribution in [1.29, 1.82) is 0 Å². The SMILES string of the molecule is CC1C(N)CCCN1c1n[nH]c(C(C)(C)S(C)(=O)=O)n1. The highest BCUT2D eigenvalue weighted by Crippen LogP contribution is 2.28. The lowest BCUT2D eigenvalue weighted by Crippen LogP contribution is -2.51. The summed E-state index contributed by atoms with van der Waals surface area (Å²) in [5.41, 5.74) is 6.06. The molecule has 3 N–H and O–H groups in total. The van der Waals surface area contributed by atoms with Crippen molar-refractivity contribution in [2.75, 3.05) is 17.7 Å². The molecule has 1 aromatic heterocycles. The first-order valence-corrected chi connectivity index (χ1v) is 8.68. The van der Waals surface area contributed by atoms with Crippen LogP contribution in [0.1, 0.15) is 39.4 Å². The maximum Gasteiger partial charge on any atom is 0.245 e. The minimum atomic E-state index is -3.27. The first-order valence-electron chi connectivity index (χ1n) is 6.79. The molecule has 20 heavy (non-hydrogen) atoms. The molecule has 1 aromatic rings. The molecule has 1 aliphatic rings. The number of hydrogen-bond acceptors (Lipinski definition) is 6. The molecule has 0 radical (unpaired) electrons. The summed E-state index contributed by atoms with van der Waals surface area (Å²) in [7, 11) is -3.27. The standard InChI is InChI=1S/C12H23N5O2S/c1-8-9(13)6-5-7-17(8)11-14-10(15-16-11)12(2,3)20(4,18)19/h8-9H,5-7,13H2,1-4H3,(H,14,15,16). The third kappa shape index (κ3) is 2.54. The van der Waals surface area contributed by atoms with E-state index in [1.165, 1.54) is 6.26 Å². The highest BCUT2D eigenvalue weighted by Gasteiger charge is 2.37. The highest BCUT2D eigenvalue weighted by molar-refractivity contribution is 7.91. The van der Waals surface area contributed by atoms with Crippen LogP contribution in [0.25, 0.3) is 0 Å². The van der Waals surface area contributed by atoms with Crippen molar-refractivity contribution in [2.45, 2.75) is 50.4 Å². The van der Waals surface area contributed by atoms with E-state index in [1.807, 2.05) is 11.8 Å². The van der Waals surface area contributed by atoms with Gasteiger partial charge in [0.2, 0.25) is 5.95 Å². The van der Waals surface area contributed by atoms with Crippen LogP contribution in [-0.4, -0.2) is 48.5 Å². The Morgan fingerprint density at radius 1 is 1.45 bits per heavy atom. The van der Waals surface area contributed by atoms with E-state index in [1.54, 1.807) is 13.8 Å². The first kappa shape index (κ1) is 15.2. The summed E-state index contributed by atoms with van der Waals surface area (Å²) in [4.78, 5) is 6.42. The van der Waals surface area contributed by atoms with E-state index in [0.29, 0.717) is 11.8 Å². The van der Waals surface area contributed by atoms with Crippen molar-refractivity contribution in [3.8, 4) is 0 Å².